The van der Waals surface area contributed by atoms with Gasteiger partial charge in [0, 0.05) is 12.1 Å². The summed E-state index contributed by atoms with van der Waals surface area (Å²) in [4.78, 5) is 37.3. The van der Waals surface area contributed by atoms with E-state index in [-0.39, 0.29) is 23.6 Å². The van der Waals surface area contributed by atoms with Crippen LogP contribution in [0.2, 0.25) is 0 Å². The summed E-state index contributed by atoms with van der Waals surface area (Å²) in [5.41, 5.74) is 15.9. The number of carbonyl (C=O) groups excluding carboxylic acids is 2. The van der Waals surface area contributed by atoms with Crippen molar-refractivity contribution in [2.24, 2.45) is 0 Å². The lowest BCUT2D eigenvalue weighted by Crippen LogP contribution is -2.44. The van der Waals surface area contributed by atoms with E-state index < -0.39 is 46.8 Å². The molecule has 0 aliphatic carbocycles. The van der Waals surface area contributed by atoms with Crippen LogP contribution in [0.4, 0.5) is 26.0 Å². The predicted molar refractivity (Wildman–Crippen MR) is 122 cm³/mol. The van der Waals surface area contributed by atoms with Crippen LogP contribution in [0.3, 0.4) is 0 Å². The molecule has 0 spiro atoms. The molecule has 8 N–H and O–H groups in total. The Hall–Kier alpha value is -4.35. The molecule has 10 nitrogen and oxygen atoms in total. The first-order chi connectivity index (χ1) is 16.0. The summed E-state index contributed by atoms with van der Waals surface area (Å²) in [7, 11) is 0. The zero-order valence-corrected chi connectivity index (χ0v) is 18.4. The monoisotopic (exact) mass is 474 g/mol. The SMILES string of the molecule is CC(C)OC(=O)[C@H](Cc1ccc(-n2[nH]c(N)c(N)c2=O)cc1)NC(=O)c1c(F)cc(N)cc1F. The highest BCUT2D eigenvalue weighted by Gasteiger charge is 2.27. The van der Waals surface area contributed by atoms with Crippen molar-refractivity contribution in [2.75, 3.05) is 17.2 Å². The smallest absolute Gasteiger partial charge is 0.329 e. The maximum Gasteiger partial charge on any atom is 0.329 e. The van der Waals surface area contributed by atoms with Crippen LogP contribution in [0.5, 0.6) is 0 Å². The molecule has 3 rings (SSSR count). The van der Waals surface area contributed by atoms with Crippen molar-refractivity contribution in [3.8, 4) is 5.69 Å². The zero-order chi connectivity index (χ0) is 25.2. The number of nitrogens with one attached hydrogen (secondary N) is 2. The molecule has 2 aromatic carbocycles. The fourth-order valence-corrected chi connectivity index (χ4v) is 3.21. The fourth-order valence-electron chi connectivity index (χ4n) is 3.21. The Morgan fingerprint density at radius 2 is 1.68 bits per heavy atom. The third kappa shape index (κ3) is 5.17. The number of aromatic nitrogens is 2. The third-order valence-corrected chi connectivity index (χ3v) is 4.82. The molecular formula is C22H24F2N6O4. The first-order valence-corrected chi connectivity index (χ1v) is 10.2. The summed E-state index contributed by atoms with van der Waals surface area (Å²) in [5, 5.41) is 4.96. The molecule has 1 heterocycles. The topological polar surface area (TPSA) is 171 Å². The number of esters is 1. The number of amides is 1. The number of carbonyl (C=O) groups is 2. The number of nitrogen functional groups attached to an aromatic ring is 3. The number of benzene rings is 2. The number of nitrogens with zero attached hydrogens (tertiary/aromatic N) is 1. The Morgan fingerprint density at radius 1 is 1.09 bits per heavy atom. The summed E-state index contributed by atoms with van der Waals surface area (Å²) in [6.45, 7) is 3.24. The molecule has 0 radical (unpaired) electrons. The van der Waals surface area contributed by atoms with Gasteiger partial charge in [-0.2, -0.15) is 0 Å². The third-order valence-electron chi connectivity index (χ3n) is 4.82. The van der Waals surface area contributed by atoms with E-state index in [1.807, 2.05) is 0 Å². The number of aromatic amines is 1. The Bertz CT molecular complexity index is 1260. The van der Waals surface area contributed by atoms with E-state index in [1.54, 1.807) is 38.1 Å². The highest BCUT2D eigenvalue weighted by Crippen LogP contribution is 2.18. The molecule has 0 unspecified atom stereocenters. The van der Waals surface area contributed by atoms with Crippen LogP contribution in [0, 0.1) is 11.6 Å². The van der Waals surface area contributed by atoms with Gasteiger partial charge in [-0.15, -0.1) is 0 Å². The zero-order valence-electron chi connectivity index (χ0n) is 18.4. The molecule has 12 heteroatoms. The van der Waals surface area contributed by atoms with Gasteiger partial charge in [0.25, 0.3) is 11.5 Å². The Balaban J connectivity index is 1.85. The minimum absolute atomic E-state index is 0.0235. The molecule has 0 bridgehead atoms. The van der Waals surface area contributed by atoms with Crippen molar-refractivity contribution >= 4 is 29.1 Å². The lowest BCUT2D eigenvalue weighted by molar-refractivity contribution is -0.149. The van der Waals surface area contributed by atoms with Gasteiger partial charge >= 0.3 is 5.97 Å². The number of hydrogen-bond acceptors (Lipinski definition) is 7. The van der Waals surface area contributed by atoms with Crippen molar-refractivity contribution in [2.45, 2.75) is 32.4 Å². The van der Waals surface area contributed by atoms with E-state index in [1.165, 1.54) is 0 Å². The molecule has 34 heavy (non-hydrogen) atoms. The second kappa shape index (κ2) is 9.65. The number of hydrogen-bond donors (Lipinski definition) is 5. The first kappa shape index (κ1) is 24.3. The Morgan fingerprint density at radius 3 is 2.18 bits per heavy atom. The first-order valence-electron chi connectivity index (χ1n) is 10.2. The maximum atomic E-state index is 14.2. The van der Waals surface area contributed by atoms with E-state index >= 15 is 0 Å². The summed E-state index contributed by atoms with van der Waals surface area (Å²) >= 11 is 0. The predicted octanol–water partition coefficient (Wildman–Crippen LogP) is 1.48. The molecular weight excluding hydrogens is 450 g/mol. The largest absolute Gasteiger partial charge is 0.461 e. The molecule has 0 saturated carbocycles. The fraction of sp³-hybridized carbons (Fsp3) is 0.227. The molecule has 3 aromatic rings. The van der Waals surface area contributed by atoms with Crippen LogP contribution in [-0.4, -0.2) is 33.8 Å². The van der Waals surface area contributed by atoms with Crippen LogP contribution in [0.25, 0.3) is 5.69 Å². The quantitative estimate of drug-likeness (QED) is 0.255. The lowest BCUT2D eigenvalue weighted by Gasteiger charge is -2.20. The molecule has 0 fully saturated rings. The minimum atomic E-state index is -1.25. The van der Waals surface area contributed by atoms with Gasteiger partial charge in [-0.1, -0.05) is 12.1 Å². The van der Waals surface area contributed by atoms with Crippen molar-refractivity contribution in [3.05, 3.63) is 69.5 Å². The van der Waals surface area contributed by atoms with Crippen LogP contribution in [-0.2, 0) is 16.0 Å². The molecule has 0 saturated heterocycles. The van der Waals surface area contributed by atoms with Crippen LogP contribution in [0.1, 0.15) is 29.8 Å². The normalized spacial score (nSPS) is 11.9. The van der Waals surface area contributed by atoms with Crippen molar-refractivity contribution in [1.82, 2.24) is 15.1 Å². The van der Waals surface area contributed by atoms with Crippen molar-refractivity contribution in [3.63, 3.8) is 0 Å². The molecule has 0 aliphatic rings. The minimum Gasteiger partial charge on any atom is -0.461 e. The Kier molecular flexibility index (Phi) is 6.89. The molecule has 1 atom stereocenters. The van der Waals surface area contributed by atoms with E-state index in [4.69, 9.17) is 21.9 Å². The molecule has 1 aromatic heterocycles. The average molecular weight is 474 g/mol. The maximum absolute atomic E-state index is 14.2. The van der Waals surface area contributed by atoms with E-state index in [0.717, 1.165) is 16.8 Å². The number of ether oxygens (including phenoxy) is 1. The van der Waals surface area contributed by atoms with Gasteiger partial charge in [0.2, 0.25) is 0 Å². The molecule has 1 amide bonds. The van der Waals surface area contributed by atoms with Crippen LogP contribution >= 0.6 is 0 Å². The standard InChI is InChI=1S/C22H24F2N6O4/c1-10(2)34-22(33)16(28-20(31)17-14(23)8-12(25)9-15(17)24)7-11-3-5-13(6-4-11)30-21(32)18(26)19(27)29-30/h3-6,8-10,16,29H,7,25-27H2,1-2H3,(H,28,31)/t16-/m0/s1. The van der Waals surface area contributed by atoms with Gasteiger partial charge in [0.1, 0.15) is 34.7 Å². The number of H-pyrrole nitrogens is 1. The highest BCUT2D eigenvalue weighted by atomic mass is 19.1. The number of anilines is 3. The lowest BCUT2D eigenvalue weighted by atomic mass is 10.0. The van der Waals surface area contributed by atoms with Crippen molar-refractivity contribution < 1.29 is 23.1 Å². The van der Waals surface area contributed by atoms with Crippen LogP contribution in [0.15, 0.2) is 41.2 Å². The van der Waals surface area contributed by atoms with Gasteiger partial charge < -0.3 is 27.3 Å². The van der Waals surface area contributed by atoms with E-state index in [0.29, 0.717) is 11.3 Å². The summed E-state index contributed by atoms with van der Waals surface area (Å²) < 4.78 is 34.7. The second-order valence-corrected chi connectivity index (χ2v) is 7.82. The van der Waals surface area contributed by atoms with Crippen molar-refractivity contribution in [1.29, 1.82) is 0 Å². The number of rotatable bonds is 7. The summed E-state index contributed by atoms with van der Waals surface area (Å²) in [6, 6.07) is 6.69. The van der Waals surface area contributed by atoms with Gasteiger partial charge in [0.05, 0.1) is 11.8 Å². The second-order valence-electron chi connectivity index (χ2n) is 7.82. The summed E-state index contributed by atoms with van der Waals surface area (Å²) in [6.07, 6.45) is -0.547. The van der Waals surface area contributed by atoms with Crippen LogP contribution < -0.4 is 28.1 Å². The number of halogens is 2. The Labute approximate surface area is 192 Å². The molecule has 180 valence electrons. The van der Waals surface area contributed by atoms with Gasteiger partial charge in [-0.25, -0.2) is 18.3 Å². The van der Waals surface area contributed by atoms with E-state index in [9.17, 15) is 23.2 Å². The summed E-state index contributed by atoms with van der Waals surface area (Å²) in [5.74, 6) is -4.23. The van der Waals surface area contributed by atoms with E-state index in [2.05, 4.69) is 10.4 Å². The van der Waals surface area contributed by atoms with Gasteiger partial charge in [-0.05, 0) is 43.7 Å². The average Bonchev–Trinajstić information content (AvgIpc) is 3.00. The van der Waals surface area contributed by atoms with Gasteiger partial charge in [-0.3, -0.25) is 14.7 Å². The molecule has 0 aliphatic heterocycles. The number of nitrogens with two attached hydrogens (primary N) is 3. The highest BCUT2D eigenvalue weighted by molar-refractivity contribution is 5.97. The van der Waals surface area contributed by atoms with Gasteiger partial charge in [0.15, 0.2) is 0 Å².